The van der Waals surface area contributed by atoms with Gasteiger partial charge >= 0.3 is 5.97 Å². The zero-order valence-electron chi connectivity index (χ0n) is 12.6. The van der Waals surface area contributed by atoms with E-state index in [0.717, 1.165) is 0 Å². The highest BCUT2D eigenvalue weighted by Gasteiger charge is 2.27. The number of methoxy groups -OCH3 is 1. The number of carbonyl (C=O) groups is 1. The third kappa shape index (κ3) is 4.62. The van der Waals surface area contributed by atoms with Crippen molar-refractivity contribution in [3.8, 4) is 6.07 Å². The van der Waals surface area contributed by atoms with Crippen LogP contribution in [0.15, 0.2) is 41.7 Å². The first kappa shape index (κ1) is 16.7. The van der Waals surface area contributed by atoms with Crippen LogP contribution in [0.2, 0.25) is 0 Å². The Hall–Kier alpha value is -2.32. The Morgan fingerprint density at radius 3 is 2.29 bits per heavy atom. The van der Waals surface area contributed by atoms with Gasteiger partial charge in [0, 0.05) is 7.11 Å². The van der Waals surface area contributed by atoms with E-state index in [2.05, 4.69) is 0 Å². The third-order valence-corrected chi connectivity index (χ3v) is 2.56. The maximum absolute atomic E-state index is 12.0. The Kier molecular flexibility index (Phi) is 5.51. The van der Waals surface area contributed by atoms with Gasteiger partial charge in [0.05, 0.1) is 0 Å². The van der Waals surface area contributed by atoms with Crippen LogP contribution in [0, 0.1) is 11.3 Å². The molecule has 1 N–H and O–H groups in total. The molecule has 0 aliphatic heterocycles. The van der Waals surface area contributed by atoms with Crippen LogP contribution in [0.3, 0.4) is 0 Å². The van der Waals surface area contributed by atoms with Gasteiger partial charge in [0.1, 0.15) is 17.8 Å². The van der Waals surface area contributed by atoms with Crippen molar-refractivity contribution >= 4 is 5.97 Å². The topological polar surface area (TPSA) is 79.5 Å². The van der Waals surface area contributed by atoms with Gasteiger partial charge < -0.3 is 14.6 Å². The quantitative estimate of drug-likeness (QED) is 0.399. The summed E-state index contributed by atoms with van der Waals surface area (Å²) in [5.41, 5.74) is -0.580. The molecule has 21 heavy (non-hydrogen) atoms. The highest BCUT2D eigenvalue weighted by atomic mass is 16.6. The van der Waals surface area contributed by atoms with Gasteiger partial charge in [0.25, 0.3) is 0 Å². The molecule has 0 bridgehead atoms. The molecule has 1 aromatic rings. The first-order chi connectivity index (χ1) is 9.80. The Morgan fingerprint density at radius 2 is 1.86 bits per heavy atom. The summed E-state index contributed by atoms with van der Waals surface area (Å²) in [7, 11) is 1.39. The molecule has 0 aliphatic rings. The van der Waals surface area contributed by atoms with E-state index in [4.69, 9.17) is 14.7 Å². The molecule has 0 heterocycles. The number of hydrogen-bond acceptors (Lipinski definition) is 5. The summed E-state index contributed by atoms with van der Waals surface area (Å²) in [6.45, 7) is 5.05. The lowest BCUT2D eigenvalue weighted by molar-refractivity contribution is -0.149. The minimum absolute atomic E-state index is 0.458. The zero-order chi connectivity index (χ0) is 16.0. The molecule has 0 spiro atoms. The van der Waals surface area contributed by atoms with Crippen molar-refractivity contribution in [2.24, 2.45) is 0 Å². The van der Waals surface area contributed by atoms with E-state index >= 15 is 0 Å². The Bertz CT molecular complexity index is 564. The standard InChI is InChI=1S/C16H19NO4/c1-16(2,3)21-15(19)12(10-17)13(18)14(20-4)11-8-6-5-7-9-11/h5-9,14,18H,1-4H3. The summed E-state index contributed by atoms with van der Waals surface area (Å²) in [4.78, 5) is 12.0. The molecular weight excluding hydrogens is 270 g/mol. The monoisotopic (exact) mass is 289 g/mol. The summed E-state index contributed by atoms with van der Waals surface area (Å²) in [5.74, 6) is -1.33. The normalized spacial score (nSPS) is 13.9. The second-order valence-corrected chi connectivity index (χ2v) is 5.40. The predicted octanol–water partition coefficient (Wildman–Crippen LogP) is 3.05. The highest BCUT2D eigenvalue weighted by molar-refractivity contribution is 5.93. The number of hydrogen-bond donors (Lipinski definition) is 1. The molecule has 0 amide bonds. The van der Waals surface area contributed by atoms with Gasteiger partial charge in [0.2, 0.25) is 0 Å². The van der Waals surface area contributed by atoms with Gasteiger partial charge in [-0.2, -0.15) is 5.26 Å². The fraction of sp³-hybridized carbons (Fsp3) is 0.375. The fourth-order valence-corrected chi connectivity index (χ4v) is 1.70. The third-order valence-electron chi connectivity index (χ3n) is 2.56. The molecule has 0 fully saturated rings. The van der Waals surface area contributed by atoms with E-state index in [-0.39, 0.29) is 0 Å². The van der Waals surface area contributed by atoms with Crippen molar-refractivity contribution in [3.63, 3.8) is 0 Å². The molecule has 1 unspecified atom stereocenters. The first-order valence-corrected chi connectivity index (χ1v) is 6.44. The summed E-state index contributed by atoms with van der Waals surface area (Å²) >= 11 is 0. The lowest BCUT2D eigenvalue weighted by atomic mass is 10.0. The Balaban J connectivity index is 3.17. The largest absolute Gasteiger partial charge is 0.508 e. The molecule has 0 aliphatic carbocycles. The van der Waals surface area contributed by atoms with E-state index in [1.165, 1.54) is 7.11 Å². The average Bonchev–Trinajstić information content (AvgIpc) is 2.39. The molecule has 5 heteroatoms. The van der Waals surface area contributed by atoms with Crippen LogP contribution in [-0.4, -0.2) is 23.8 Å². The Labute approximate surface area is 124 Å². The van der Waals surface area contributed by atoms with Gasteiger partial charge in [0.15, 0.2) is 11.3 Å². The average molecular weight is 289 g/mol. The molecule has 0 saturated heterocycles. The fourth-order valence-electron chi connectivity index (χ4n) is 1.70. The first-order valence-electron chi connectivity index (χ1n) is 6.44. The zero-order valence-corrected chi connectivity index (χ0v) is 12.6. The number of rotatable bonds is 4. The van der Waals surface area contributed by atoms with Crippen LogP contribution in [0.4, 0.5) is 0 Å². The van der Waals surface area contributed by atoms with Crippen LogP contribution in [0.1, 0.15) is 32.4 Å². The molecule has 0 saturated carbocycles. The SMILES string of the molecule is COC(C(O)=C(C#N)C(=O)OC(C)(C)C)c1ccccc1. The van der Waals surface area contributed by atoms with Crippen molar-refractivity contribution in [1.29, 1.82) is 5.26 Å². The molecular formula is C16H19NO4. The maximum Gasteiger partial charge on any atom is 0.353 e. The van der Waals surface area contributed by atoms with Crippen LogP contribution >= 0.6 is 0 Å². The second-order valence-electron chi connectivity index (χ2n) is 5.40. The summed E-state index contributed by atoms with van der Waals surface area (Å²) in [6, 6.07) is 10.5. The van der Waals surface area contributed by atoms with E-state index in [1.807, 2.05) is 6.07 Å². The number of aliphatic hydroxyl groups excluding tert-OH is 1. The number of esters is 1. The minimum Gasteiger partial charge on any atom is -0.508 e. The summed E-state index contributed by atoms with van der Waals surface area (Å²) in [5, 5.41) is 19.4. The van der Waals surface area contributed by atoms with E-state index in [1.54, 1.807) is 51.1 Å². The van der Waals surface area contributed by atoms with Crippen molar-refractivity contribution in [2.75, 3.05) is 7.11 Å². The van der Waals surface area contributed by atoms with Crippen LogP contribution in [-0.2, 0) is 14.3 Å². The molecule has 1 rings (SSSR count). The number of benzene rings is 1. The Morgan fingerprint density at radius 1 is 1.29 bits per heavy atom. The number of ether oxygens (including phenoxy) is 2. The van der Waals surface area contributed by atoms with Gasteiger partial charge in [-0.05, 0) is 26.3 Å². The summed E-state index contributed by atoms with van der Waals surface area (Å²) in [6.07, 6.45) is -0.895. The number of nitriles is 1. The highest BCUT2D eigenvalue weighted by Crippen LogP contribution is 2.26. The van der Waals surface area contributed by atoms with Crippen molar-refractivity contribution in [3.05, 3.63) is 47.2 Å². The van der Waals surface area contributed by atoms with Crippen LogP contribution in [0.25, 0.3) is 0 Å². The van der Waals surface area contributed by atoms with E-state index in [0.29, 0.717) is 5.56 Å². The molecule has 1 atom stereocenters. The second kappa shape index (κ2) is 6.91. The maximum atomic E-state index is 12.0. The smallest absolute Gasteiger partial charge is 0.353 e. The van der Waals surface area contributed by atoms with Gasteiger partial charge in [-0.1, -0.05) is 30.3 Å². The van der Waals surface area contributed by atoms with E-state index in [9.17, 15) is 9.90 Å². The minimum atomic E-state index is -0.895. The van der Waals surface area contributed by atoms with Gasteiger partial charge in [-0.15, -0.1) is 0 Å². The number of nitrogens with zero attached hydrogens (tertiary/aromatic N) is 1. The van der Waals surface area contributed by atoms with Crippen LogP contribution < -0.4 is 0 Å². The van der Waals surface area contributed by atoms with Gasteiger partial charge in [-0.3, -0.25) is 0 Å². The number of aliphatic hydroxyl groups is 1. The van der Waals surface area contributed by atoms with Crippen molar-refractivity contribution < 1.29 is 19.4 Å². The lowest BCUT2D eigenvalue weighted by Crippen LogP contribution is -2.26. The van der Waals surface area contributed by atoms with Gasteiger partial charge in [-0.25, -0.2) is 4.79 Å². The van der Waals surface area contributed by atoms with Crippen molar-refractivity contribution in [1.82, 2.24) is 0 Å². The van der Waals surface area contributed by atoms with Crippen LogP contribution in [0.5, 0.6) is 0 Å². The molecule has 112 valence electrons. The lowest BCUT2D eigenvalue weighted by Gasteiger charge is -2.21. The van der Waals surface area contributed by atoms with Crippen molar-refractivity contribution in [2.45, 2.75) is 32.5 Å². The molecule has 5 nitrogen and oxygen atoms in total. The predicted molar refractivity (Wildman–Crippen MR) is 77.3 cm³/mol. The van der Waals surface area contributed by atoms with E-state index < -0.39 is 29.0 Å². The molecule has 1 aromatic carbocycles. The summed E-state index contributed by atoms with van der Waals surface area (Å²) < 4.78 is 10.3. The number of carbonyl (C=O) groups excluding carboxylic acids is 1. The molecule has 0 aromatic heterocycles. The molecule has 0 radical (unpaired) electrons.